The Morgan fingerprint density at radius 1 is 1.21 bits per heavy atom. The van der Waals surface area contributed by atoms with Crippen molar-refractivity contribution in [1.29, 1.82) is 0 Å². The summed E-state index contributed by atoms with van der Waals surface area (Å²) in [7, 11) is 0. The van der Waals surface area contributed by atoms with Crippen LogP contribution in [0.1, 0.15) is 27.2 Å². The van der Waals surface area contributed by atoms with Crippen molar-refractivity contribution in [2.45, 2.75) is 45.7 Å². The van der Waals surface area contributed by atoms with Crippen LogP contribution >= 0.6 is 0 Å². The van der Waals surface area contributed by atoms with E-state index >= 15 is 0 Å². The molecule has 0 bridgehead atoms. The normalized spacial score (nSPS) is 31.2. The molecule has 5 nitrogen and oxygen atoms in total. The molecule has 0 spiro atoms. The van der Waals surface area contributed by atoms with E-state index in [0.717, 1.165) is 0 Å². The molecule has 0 amide bonds. The van der Waals surface area contributed by atoms with Gasteiger partial charge in [0.25, 0.3) is 0 Å². The quantitative estimate of drug-likeness (QED) is 0.614. The summed E-state index contributed by atoms with van der Waals surface area (Å²) in [6.07, 6.45) is -0.743. The molecule has 5 heteroatoms. The molecule has 0 radical (unpaired) electrons. The average molecular weight is 202 g/mol. The Morgan fingerprint density at radius 3 is 2.29 bits per heavy atom. The van der Waals surface area contributed by atoms with Crippen LogP contribution in [0.5, 0.6) is 0 Å². The van der Waals surface area contributed by atoms with Crippen molar-refractivity contribution in [3.8, 4) is 0 Å². The lowest BCUT2D eigenvalue weighted by atomic mass is 10.2. The minimum Gasteiger partial charge on any atom is -0.460 e. The standard InChI is InChI=1S/C9H14O5/c1-5-8(13-6(2)10)4-9(12-5)14-7(3)11/h5,8-9H,4H2,1-3H3/t5-,8+,9?/m1/s1. The van der Waals surface area contributed by atoms with Crippen molar-refractivity contribution < 1.29 is 23.8 Å². The van der Waals surface area contributed by atoms with Crippen molar-refractivity contribution in [2.75, 3.05) is 0 Å². The van der Waals surface area contributed by atoms with Crippen molar-refractivity contribution in [3.05, 3.63) is 0 Å². The third kappa shape index (κ3) is 2.99. The smallest absolute Gasteiger partial charge is 0.304 e. The third-order valence-electron chi connectivity index (χ3n) is 1.93. The molecule has 0 saturated carbocycles. The van der Waals surface area contributed by atoms with Crippen LogP contribution in [0, 0.1) is 0 Å². The number of hydrogen-bond acceptors (Lipinski definition) is 5. The molecule has 1 saturated heterocycles. The summed E-state index contributed by atoms with van der Waals surface area (Å²) in [5, 5.41) is 0. The van der Waals surface area contributed by atoms with Crippen LogP contribution in [-0.2, 0) is 23.8 Å². The van der Waals surface area contributed by atoms with Crippen molar-refractivity contribution in [1.82, 2.24) is 0 Å². The zero-order valence-electron chi connectivity index (χ0n) is 8.48. The van der Waals surface area contributed by atoms with E-state index in [9.17, 15) is 9.59 Å². The maximum Gasteiger partial charge on any atom is 0.304 e. The molecule has 1 fully saturated rings. The van der Waals surface area contributed by atoms with Gasteiger partial charge in [-0.3, -0.25) is 9.59 Å². The lowest BCUT2D eigenvalue weighted by molar-refractivity contribution is -0.172. The number of carbonyl (C=O) groups is 2. The van der Waals surface area contributed by atoms with E-state index in [1.54, 1.807) is 6.92 Å². The highest BCUT2D eigenvalue weighted by Crippen LogP contribution is 2.23. The minimum absolute atomic E-state index is 0.233. The maximum atomic E-state index is 10.7. The highest BCUT2D eigenvalue weighted by molar-refractivity contribution is 5.66. The molecule has 3 atom stereocenters. The highest BCUT2D eigenvalue weighted by atomic mass is 16.7. The van der Waals surface area contributed by atoms with Gasteiger partial charge in [0.05, 0.1) is 6.10 Å². The van der Waals surface area contributed by atoms with E-state index in [0.29, 0.717) is 6.42 Å². The van der Waals surface area contributed by atoms with Crippen LogP contribution < -0.4 is 0 Å². The maximum absolute atomic E-state index is 10.7. The van der Waals surface area contributed by atoms with Crippen molar-refractivity contribution >= 4 is 11.9 Å². The first kappa shape index (κ1) is 11.0. The number of hydrogen-bond donors (Lipinski definition) is 0. The molecule has 0 aromatic carbocycles. The van der Waals surface area contributed by atoms with E-state index in [1.807, 2.05) is 0 Å². The molecule has 80 valence electrons. The second-order valence-electron chi connectivity index (χ2n) is 3.26. The van der Waals surface area contributed by atoms with Crippen LogP contribution in [0.4, 0.5) is 0 Å². The monoisotopic (exact) mass is 202 g/mol. The Balaban J connectivity index is 2.42. The van der Waals surface area contributed by atoms with Gasteiger partial charge in [-0.2, -0.15) is 0 Å². The second-order valence-corrected chi connectivity index (χ2v) is 3.26. The summed E-state index contributed by atoms with van der Waals surface area (Å²) in [4.78, 5) is 21.3. The topological polar surface area (TPSA) is 61.8 Å². The summed E-state index contributed by atoms with van der Waals surface area (Å²) in [6.45, 7) is 4.43. The van der Waals surface area contributed by atoms with Gasteiger partial charge in [0.2, 0.25) is 6.29 Å². The molecule has 1 heterocycles. The van der Waals surface area contributed by atoms with Crippen LogP contribution in [0.15, 0.2) is 0 Å². The van der Waals surface area contributed by atoms with E-state index in [4.69, 9.17) is 14.2 Å². The highest BCUT2D eigenvalue weighted by Gasteiger charge is 2.36. The lowest BCUT2D eigenvalue weighted by Crippen LogP contribution is -2.23. The number of carbonyl (C=O) groups excluding carboxylic acids is 2. The van der Waals surface area contributed by atoms with E-state index in [-0.39, 0.29) is 18.2 Å². The van der Waals surface area contributed by atoms with Gasteiger partial charge in [-0.25, -0.2) is 0 Å². The Hall–Kier alpha value is -1.10. The van der Waals surface area contributed by atoms with E-state index in [1.165, 1.54) is 13.8 Å². The Labute approximate surface area is 82.3 Å². The second kappa shape index (κ2) is 4.41. The molecule has 0 aromatic heterocycles. The summed E-state index contributed by atoms with van der Waals surface area (Å²) < 4.78 is 15.1. The largest absolute Gasteiger partial charge is 0.460 e. The fourth-order valence-electron chi connectivity index (χ4n) is 1.38. The van der Waals surface area contributed by atoms with Gasteiger partial charge in [-0.15, -0.1) is 0 Å². The first-order chi connectivity index (χ1) is 6.49. The van der Waals surface area contributed by atoms with Crippen LogP contribution in [-0.4, -0.2) is 30.4 Å². The van der Waals surface area contributed by atoms with Gasteiger partial charge >= 0.3 is 11.9 Å². The number of rotatable bonds is 2. The molecule has 14 heavy (non-hydrogen) atoms. The third-order valence-corrected chi connectivity index (χ3v) is 1.93. The zero-order valence-corrected chi connectivity index (χ0v) is 8.48. The molecular formula is C9H14O5. The lowest BCUT2D eigenvalue weighted by Gasteiger charge is -2.12. The van der Waals surface area contributed by atoms with Crippen LogP contribution in [0.25, 0.3) is 0 Å². The average Bonchev–Trinajstić information content (AvgIpc) is 2.28. The molecule has 1 aliphatic heterocycles. The Bertz CT molecular complexity index is 237. The summed E-state index contributed by atoms with van der Waals surface area (Å²) in [5.41, 5.74) is 0. The Morgan fingerprint density at radius 2 is 1.79 bits per heavy atom. The van der Waals surface area contributed by atoms with E-state index < -0.39 is 12.3 Å². The number of ether oxygens (including phenoxy) is 3. The summed E-state index contributed by atoms with van der Waals surface area (Å²) >= 11 is 0. The molecule has 0 aromatic rings. The van der Waals surface area contributed by atoms with Gasteiger partial charge in [0.1, 0.15) is 6.10 Å². The fraction of sp³-hybridized carbons (Fsp3) is 0.778. The fourth-order valence-corrected chi connectivity index (χ4v) is 1.38. The molecule has 1 unspecified atom stereocenters. The minimum atomic E-state index is -0.591. The first-order valence-electron chi connectivity index (χ1n) is 4.49. The van der Waals surface area contributed by atoms with Gasteiger partial charge in [-0.05, 0) is 6.92 Å². The van der Waals surface area contributed by atoms with Gasteiger partial charge in [0, 0.05) is 20.3 Å². The summed E-state index contributed by atoms with van der Waals surface area (Å²) in [5.74, 6) is -0.750. The van der Waals surface area contributed by atoms with Crippen molar-refractivity contribution in [3.63, 3.8) is 0 Å². The molecule has 1 rings (SSSR count). The van der Waals surface area contributed by atoms with E-state index in [2.05, 4.69) is 0 Å². The SMILES string of the molecule is CC(=O)OC1C[C@H](OC(C)=O)[C@@H](C)O1. The predicted octanol–water partition coefficient (Wildman–Crippen LogP) is 0.616. The van der Waals surface area contributed by atoms with Gasteiger partial charge < -0.3 is 14.2 Å². The Kier molecular flexibility index (Phi) is 3.46. The molecule has 0 aliphatic carbocycles. The number of esters is 2. The first-order valence-corrected chi connectivity index (χ1v) is 4.49. The molecule has 1 aliphatic rings. The summed E-state index contributed by atoms with van der Waals surface area (Å²) in [6, 6.07) is 0. The zero-order chi connectivity index (χ0) is 10.7. The van der Waals surface area contributed by atoms with Gasteiger partial charge in [0.15, 0.2) is 0 Å². The van der Waals surface area contributed by atoms with Crippen LogP contribution in [0.2, 0.25) is 0 Å². The van der Waals surface area contributed by atoms with Gasteiger partial charge in [-0.1, -0.05) is 0 Å². The molecule has 0 N–H and O–H groups in total. The van der Waals surface area contributed by atoms with Crippen molar-refractivity contribution in [2.24, 2.45) is 0 Å². The predicted molar refractivity (Wildman–Crippen MR) is 46.3 cm³/mol. The molecular weight excluding hydrogens is 188 g/mol. The van der Waals surface area contributed by atoms with Crippen LogP contribution in [0.3, 0.4) is 0 Å².